The van der Waals surface area contributed by atoms with Crippen molar-refractivity contribution >= 4 is 11.6 Å². The lowest BCUT2D eigenvalue weighted by atomic mass is 10.1. The molecular formula is C25H27NO4. The molecule has 0 saturated carbocycles. The number of carbonyl (C=O) groups excluding carboxylic acids is 1. The van der Waals surface area contributed by atoms with E-state index in [1.807, 2.05) is 57.2 Å². The summed E-state index contributed by atoms with van der Waals surface area (Å²) in [6.07, 6.45) is 0. The molecule has 30 heavy (non-hydrogen) atoms. The Labute approximate surface area is 177 Å². The van der Waals surface area contributed by atoms with Gasteiger partial charge in [-0.15, -0.1) is 0 Å². The normalized spacial score (nSPS) is 10.4. The zero-order valence-corrected chi connectivity index (χ0v) is 17.8. The Hall–Kier alpha value is -3.47. The molecule has 0 spiro atoms. The highest BCUT2D eigenvalue weighted by molar-refractivity contribution is 6.05. The Morgan fingerprint density at radius 2 is 1.63 bits per heavy atom. The molecule has 0 heterocycles. The molecule has 3 rings (SSSR count). The number of carbonyl (C=O) groups is 1. The molecule has 0 atom stereocenters. The van der Waals surface area contributed by atoms with Crippen molar-refractivity contribution in [3.8, 4) is 17.2 Å². The van der Waals surface area contributed by atoms with Crippen LogP contribution in [0, 0.1) is 13.8 Å². The van der Waals surface area contributed by atoms with Crippen molar-refractivity contribution in [1.29, 1.82) is 0 Å². The molecular weight excluding hydrogens is 378 g/mol. The van der Waals surface area contributed by atoms with Crippen molar-refractivity contribution in [2.75, 3.05) is 19.0 Å². The monoisotopic (exact) mass is 405 g/mol. The smallest absolute Gasteiger partial charge is 0.255 e. The Kier molecular flexibility index (Phi) is 6.96. The number of rotatable bonds is 8. The number of para-hydroxylation sites is 2. The van der Waals surface area contributed by atoms with Crippen LogP contribution in [0.3, 0.4) is 0 Å². The molecule has 1 N–H and O–H groups in total. The van der Waals surface area contributed by atoms with Crippen LogP contribution in [-0.2, 0) is 6.61 Å². The molecule has 156 valence electrons. The van der Waals surface area contributed by atoms with Crippen molar-refractivity contribution in [3.05, 3.63) is 82.9 Å². The number of anilines is 1. The van der Waals surface area contributed by atoms with E-state index in [0.717, 1.165) is 22.4 Å². The van der Waals surface area contributed by atoms with Gasteiger partial charge >= 0.3 is 0 Å². The molecule has 0 unspecified atom stereocenters. The van der Waals surface area contributed by atoms with Crippen molar-refractivity contribution in [3.63, 3.8) is 0 Å². The van der Waals surface area contributed by atoms with Crippen LogP contribution in [0.1, 0.15) is 34.0 Å². The highest BCUT2D eigenvalue weighted by Gasteiger charge is 2.13. The molecule has 3 aromatic rings. The van der Waals surface area contributed by atoms with Gasteiger partial charge in [0, 0.05) is 11.1 Å². The fourth-order valence-electron chi connectivity index (χ4n) is 3.26. The van der Waals surface area contributed by atoms with Crippen LogP contribution >= 0.6 is 0 Å². The molecule has 0 saturated heterocycles. The van der Waals surface area contributed by atoms with Gasteiger partial charge in [-0.3, -0.25) is 4.79 Å². The zero-order valence-electron chi connectivity index (χ0n) is 17.8. The van der Waals surface area contributed by atoms with E-state index in [2.05, 4.69) is 11.4 Å². The van der Waals surface area contributed by atoms with Crippen LogP contribution in [0.25, 0.3) is 0 Å². The summed E-state index contributed by atoms with van der Waals surface area (Å²) < 4.78 is 17.0. The predicted molar refractivity (Wildman–Crippen MR) is 119 cm³/mol. The molecule has 0 aromatic heterocycles. The summed E-state index contributed by atoms with van der Waals surface area (Å²) in [6, 6.07) is 18.7. The minimum Gasteiger partial charge on any atom is -0.496 e. The summed E-state index contributed by atoms with van der Waals surface area (Å²) in [5.41, 5.74) is 4.22. The van der Waals surface area contributed by atoms with Gasteiger partial charge in [0.15, 0.2) is 0 Å². The van der Waals surface area contributed by atoms with Gasteiger partial charge in [-0.1, -0.05) is 18.2 Å². The zero-order chi connectivity index (χ0) is 21.5. The van der Waals surface area contributed by atoms with E-state index in [1.54, 1.807) is 25.3 Å². The second-order valence-electron chi connectivity index (χ2n) is 7.02. The van der Waals surface area contributed by atoms with Gasteiger partial charge in [0.2, 0.25) is 0 Å². The molecule has 1 amide bonds. The summed E-state index contributed by atoms with van der Waals surface area (Å²) in [5, 5.41) is 2.92. The van der Waals surface area contributed by atoms with Gasteiger partial charge in [-0.2, -0.15) is 0 Å². The number of methoxy groups -OCH3 is 1. The lowest BCUT2D eigenvalue weighted by Crippen LogP contribution is -2.14. The first kappa shape index (κ1) is 21.2. The number of nitrogens with one attached hydrogen (secondary N) is 1. The number of hydrogen-bond donors (Lipinski definition) is 1. The van der Waals surface area contributed by atoms with E-state index in [4.69, 9.17) is 14.2 Å². The van der Waals surface area contributed by atoms with E-state index < -0.39 is 0 Å². The third kappa shape index (κ3) is 5.32. The van der Waals surface area contributed by atoms with Gasteiger partial charge in [0.1, 0.15) is 23.9 Å². The van der Waals surface area contributed by atoms with Gasteiger partial charge in [0.25, 0.3) is 5.91 Å². The Balaban J connectivity index is 1.79. The third-order valence-electron chi connectivity index (χ3n) is 4.57. The van der Waals surface area contributed by atoms with Crippen LogP contribution in [-0.4, -0.2) is 19.6 Å². The SMILES string of the molecule is CCOc1ccccc1NC(=O)c1ccc(OC)c(COc2cc(C)cc(C)c2)c1. The van der Waals surface area contributed by atoms with Crippen LogP contribution in [0.2, 0.25) is 0 Å². The van der Waals surface area contributed by atoms with Gasteiger partial charge < -0.3 is 19.5 Å². The summed E-state index contributed by atoms with van der Waals surface area (Å²) in [7, 11) is 1.60. The highest BCUT2D eigenvalue weighted by Crippen LogP contribution is 2.26. The lowest BCUT2D eigenvalue weighted by molar-refractivity contribution is 0.102. The number of ether oxygens (including phenoxy) is 3. The van der Waals surface area contributed by atoms with Gasteiger partial charge in [0.05, 0.1) is 19.4 Å². The molecule has 5 heteroatoms. The molecule has 0 aliphatic heterocycles. The molecule has 3 aromatic carbocycles. The maximum Gasteiger partial charge on any atom is 0.255 e. The molecule has 0 aliphatic rings. The number of hydrogen-bond acceptors (Lipinski definition) is 4. The van der Waals surface area contributed by atoms with E-state index in [9.17, 15) is 4.79 Å². The molecule has 0 bridgehead atoms. The van der Waals surface area contributed by atoms with Crippen LogP contribution in [0.4, 0.5) is 5.69 Å². The topological polar surface area (TPSA) is 56.8 Å². The average molecular weight is 405 g/mol. The first-order chi connectivity index (χ1) is 14.5. The summed E-state index contributed by atoms with van der Waals surface area (Å²) in [4.78, 5) is 12.8. The van der Waals surface area contributed by atoms with Crippen molar-refractivity contribution in [1.82, 2.24) is 0 Å². The quantitative estimate of drug-likeness (QED) is 0.534. The second-order valence-corrected chi connectivity index (χ2v) is 7.02. The van der Waals surface area contributed by atoms with Gasteiger partial charge in [-0.25, -0.2) is 0 Å². The van der Waals surface area contributed by atoms with E-state index >= 15 is 0 Å². The lowest BCUT2D eigenvalue weighted by Gasteiger charge is -2.14. The Morgan fingerprint density at radius 3 is 2.33 bits per heavy atom. The largest absolute Gasteiger partial charge is 0.496 e. The maximum absolute atomic E-state index is 12.8. The fraction of sp³-hybridized carbons (Fsp3) is 0.240. The third-order valence-corrected chi connectivity index (χ3v) is 4.57. The fourth-order valence-corrected chi connectivity index (χ4v) is 3.26. The molecule has 0 aliphatic carbocycles. The molecule has 0 fully saturated rings. The van der Waals surface area contributed by atoms with E-state index in [-0.39, 0.29) is 5.91 Å². The minimum atomic E-state index is -0.225. The maximum atomic E-state index is 12.8. The molecule has 0 radical (unpaired) electrons. The Bertz CT molecular complexity index is 1010. The first-order valence-electron chi connectivity index (χ1n) is 9.91. The predicted octanol–water partition coefficient (Wildman–Crippen LogP) is 5.54. The standard InChI is InChI=1S/C25H27NO4/c1-5-29-24-9-7-6-8-22(24)26-25(27)19-10-11-23(28-4)20(15-19)16-30-21-13-17(2)12-18(3)14-21/h6-15H,5,16H2,1-4H3,(H,26,27). The molecule has 5 nitrogen and oxygen atoms in total. The second kappa shape index (κ2) is 9.83. The first-order valence-corrected chi connectivity index (χ1v) is 9.91. The van der Waals surface area contributed by atoms with Crippen molar-refractivity contribution < 1.29 is 19.0 Å². The summed E-state index contributed by atoms with van der Waals surface area (Å²) in [5.74, 6) is 1.87. The summed E-state index contributed by atoms with van der Waals surface area (Å²) in [6.45, 7) is 6.79. The van der Waals surface area contributed by atoms with E-state index in [0.29, 0.717) is 36.0 Å². The number of benzene rings is 3. The highest BCUT2D eigenvalue weighted by atomic mass is 16.5. The van der Waals surface area contributed by atoms with Crippen molar-refractivity contribution in [2.24, 2.45) is 0 Å². The van der Waals surface area contributed by atoms with Crippen LogP contribution in [0.5, 0.6) is 17.2 Å². The van der Waals surface area contributed by atoms with E-state index in [1.165, 1.54) is 0 Å². The number of aryl methyl sites for hydroxylation is 2. The minimum absolute atomic E-state index is 0.225. The summed E-state index contributed by atoms with van der Waals surface area (Å²) >= 11 is 0. The average Bonchev–Trinajstić information content (AvgIpc) is 2.73. The van der Waals surface area contributed by atoms with Crippen molar-refractivity contribution in [2.45, 2.75) is 27.4 Å². The number of amides is 1. The van der Waals surface area contributed by atoms with Gasteiger partial charge in [-0.05, 0) is 74.4 Å². The Morgan fingerprint density at radius 1 is 0.900 bits per heavy atom. The van der Waals surface area contributed by atoms with Crippen LogP contribution < -0.4 is 19.5 Å². The van der Waals surface area contributed by atoms with Crippen LogP contribution in [0.15, 0.2) is 60.7 Å².